The first-order valence-electron chi connectivity index (χ1n) is 8.92. The largest absolute Gasteiger partial charge is 0.495 e. The highest BCUT2D eigenvalue weighted by Gasteiger charge is 2.19. The molecule has 0 saturated heterocycles. The van der Waals surface area contributed by atoms with Gasteiger partial charge in [-0.3, -0.25) is 4.79 Å². The Labute approximate surface area is 167 Å². The Morgan fingerprint density at radius 1 is 1.25 bits per heavy atom. The van der Waals surface area contributed by atoms with E-state index in [1.54, 1.807) is 18.2 Å². The fraction of sp³-hybridized carbons (Fsp3) is 0.238. The maximum Gasteiger partial charge on any atom is 0.349 e. The van der Waals surface area contributed by atoms with Gasteiger partial charge in [0.05, 0.1) is 12.1 Å². The summed E-state index contributed by atoms with van der Waals surface area (Å²) in [6.07, 6.45) is 1.44. The quantitative estimate of drug-likeness (QED) is 0.607. The lowest BCUT2D eigenvalue weighted by Crippen LogP contribution is -2.21. The summed E-state index contributed by atoms with van der Waals surface area (Å²) in [4.78, 5) is 25.1. The standard InChI is InChI=1S/C21H21ClN2O4/c1-3-4-15-18-13(10-17(22)19(15)27-2)9-16(21(26)28-18)20(25)24-14-7-5-12(11-23)6-8-14/h5-10H,3-4,11,23H2,1-2H3,(H,24,25). The van der Waals surface area contributed by atoms with Crippen LogP contribution < -0.4 is 21.4 Å². The van der Waals surface area contributed by atoms with Crippen LogP contribution in [0.25, 0.3) is 11.0 Å². The number of nitrogens with one attached hydrogen (secondary N) is 1. The van der Waals surface area contributed by atoms with Crippen LogP contribution in [-0.2, 0) is 13.0 Å². The third-order valence-corrected chi connectivity index (χ3v) is 4.70. The van der Waals surface area contributed by atoms with Gasteiger partial charge in [-0.15, -0.1) is 0 Å². The molecule has 1 heterocycles. The Kier molecular flexibility index (Phi) is 6.02. The van der Waals surface area contributed by atoms with Crippen molar-refractivity contribution in [2.24, 2.45) is 5.73 Å². The smallest absolute Gasteiger partial charge is 0.349 e. The molecule has 0 spiro atoms. The normalized spacial score (nSPS) is 10.9. The van der Waals surface area contributed by atoms with Crippen LogP contribution in [0, 0.1) is 0 Å². The van der Waals surface area contributed by atoms with E-state index in [0.717, 1.165) is 12.0 Å². The first-order valence-corrected chi connectivity index (χ1v) is 9.29. The van der Waals surface area contributed by atoms with Crippen LogP contribution in [0.3, 0.4) is 0 Å². The fourth-order valence-electron chi connectivity index (χ4n) is 3.06. The van der Waals surface area contributed by atoms with Gasteiger partial charge in [0, 0.05) is 23.2 Å². The molecule has 146 valence electrons. The zero-order valence-corrected chi connectivity index (χ0v) is 16.4. The van der Waals surface area contributed by atoms with Crippen molar-refractivity contribution in [1.29, 1.82) is 0 Å². The number of methoxy groups -OCH3 is 1. The molecule has 0 radical (unpaired) electrons. The van der Waals surface area contributed by atoms with E-state index in [1.807, 2.05) is 19.1 Å². The molecule has 0 fully saturated rings. The van der Waals surface area contributed by atoms with E-state index in [-0.39, 0.29) is 5.56 Å². The number of aryl methyl sites for hydroxylation is 1. The summed E-state index contributed by atoms with van der Waals surface area (Å²) >= 11 is 6.32. The van der Waals surface area contributed by atoms with Crippen LogP contribution in [0.15, 0.2) is 45.6 Å². The monoisotopic (exact) mass is 400 g/mol. The molecule has 0 aliphatic carbocycles. The van der Waals surface area contributed by atoms with Crippen molar-refractivity contribution in [2.45, 2.75) is 26.3 Å². The average molecular weight is 401 g/mol. The lowest BCUT2D eigenvalue weighted by molar-refractivity contribution is 0.102. The predicted molar refractivity (Wildman–Crippen MR) is 110 cm³/mol. The Bertz CT molecular complexity index is 1070. The molecule has 3 rings (SSSR count). The Balaban J connectivity index is 2.03. The van der Waals surface area contributed by atoms with E-state index in [4.69, 9.17) is 26.5 Å². The summed E-state index contributed by atoms with van der Waals surface area (Å²) in [6.45, 7) is 2.41. The van der Waals surface area contributed by atoms with Gasteiger partial charge in [-0.25, -0.2) is 4.79 Å². The van der Waals surface area contributed by atoms with Crippen molar-refractivity contribution in [1.82, 2.24) is 0 Å². The number of ether oxygens (including phenoxy) is 1. The van der Waals surface area contributed by atoms with Crippen LogP contribution in [-0.4, -0.2) is 13.0 Å². The zero-order valence-electron chi connectivity index (χ0n) is 15.7. The van der Waals surface area contributed by atoms with E-state index in [2.05, 4.69) is 5.32 Å². The van der Waals surface area contributed by atoms with Crippen LogP contribution in [0.5, 0.6) is 5.75 Å². The third kappa shape index (κ3) is 3.88. The molecule has 28 heavy (non-hydrogen) atoms. The van der Waals surface area contributed by atoms with Gasteiger partial charge in [0.25, 0.3) is 5.91 Å². The summed E-state index contributed by atoms with van der Waals surface area (Å²) in [5.74, 6) is -0.0727. The van der Waals surface area contributed by atoms with Crippen molar-refractivity contribution < 1.29 is 13.9 Å². The lowest BCUT2D eigenvalue weighted by atomic mass is 10.0. The molecule has 3 aromatic rings. The van der Waals surface area contributed by atoms with Gasteiger partial charge in [0.15, 0.2) is 0 Å². The van der Waals surface area contributed by atoms with Crippen LogP contribution in [0.1, 0.15) is 34.8 Å². The Hall–Kier alpha value is -2.83. The molecule has 0 aliphatic heterocycles. The molecule has 6 nitrogen and oxygen atoms in total. The molecule has 1 aromatic heterocycles. The minimum Gasteiger partial charge on any atom is -0.495 e. The number of hydrogen-bond acceptors (Lipinski definition) is 5. The number of anilines is 1. The molecule has 0 aliphatic rings. The van der Waals surface area contributed by atoms with Crippen LogP contribution in [0.2, 0.25) is 5.02 Å². The lowest BCUT2D eigenvalue weighted by Gasteiger charge is -2.13. The second kappa shape index (κ2) is 8.46. The number of nitrogens with two attached hydrogens (primary N) is 1. The number of benzene rings is 2. The van der Waals surface area contributed by atoms with Gasteiger partial charge < -0.3 is 20.2 Å². The highest BCUT2D eigenvalue weighted by atomic mass is 35.5. The molecular weight excluding hydrogens is 380 g/mol. The van der Waals surface area contributed by atoms with Gasteiger partial charge >= 0.3 is 5.63 Å². The summed E-state index contributed by atoms with van der Waals surface area (Å²) in [7, 11) is 1.52. The highest BCUT2D eigenvalue weighted by Crippen LogP contribution is 2.36. The van der Waals surface area contributed by atoms with Gasteiger partial charge in [-0.2, -0.15) is 0 Å². The van der Waals surface area contributed by atoms with E-state index < -0.39 is 11.5 Å². The Morgan fingerprint density at radius 3 is 2.57 bits per heavy atom. The molecule has 0 atom stereocenters. The molecule has 1 amide bonds. The molecule has 0 unspecified atom stereocenters. The minimum atomic E-state index is -0.717. The Morgan fingerprint density at radius 2 is 1.96 bits per heavy atom. The third-order valence-electron chi connectivity index (χ3n) is 4.42. The molecule has 3 N–H and O–H groups in total. The van der Waals surface area contributed by atoms with Crippen molar-refractivity contribution in [3.05, 3.63) is 68.5 Å². The second-order valence-electron chi connectivity index (χ2n) is 6.34. The number of amides is 1. The number of halogens is 1. The SMILES string of the molecule is CCCc1c(OC)c(Cl)cc2cc(C(=O)Nc3ccc(CN)cc3)c(=O)oc12. The summed E-state index contributed by atoms with van der Waals surface area (Å²) in [6, 6.07) is 10.2. The average Bonchev–Trinajstić information content (AvgIpc) is 2.69. The molecule has 0 saturated carbocycles. The highest BCUT2D eigenvalue weighted by molar-refractivity contribution is 6.33. The maximum absolute atomic E-state index is 12.6. The van der Waals surface area contributed by atoms with E-state index in [9.17, 15) is 9.59 Å². The van der Waals surface area contributed by atoms with E-state index >= 15 is 0 Å². The summed E-state index contributed by atoms with van der Waals surface area (Å²) in [5.41, 5.74) is 7.35. The molecular formula is C21H21ClN2O4. The van der Waals surface area contributed by atoms with Crippen molar-refractivity contribution in [3.8, 4) is 5.75 Å². The van der Waals surface area contributed by atoms with Gasteiger partial charge in [0.2, 0.25) is 0 Å². The minimum absolute atomic E-state index is 0.0981. The first-order chi connectivity index (χ1) is 13.5. The molecule has 7 heteroatoms. The van der Waals surface area contributed by atoms with Gasteiger partial charge in [-0.1, -0.05) is 37.1 Å². The molecule has 0 bridgehead atoms. The topological polar surface area (TPSA) is 94.6 Å². The summed E-state index contributed by atoms with van der Waals surface area (Å²) < 4.78 is 10.9. The fourth-order valence-corrected chi connectivity index (χ4v) is 3.37. The number of fused-ring (bicyclic) bond motifs is 1. The number of hydrogen-bond donors (Lipinski definition) is 2. The predicted octanol–water partition coefficient (Wildman–Crippen LogP) is 4.12. The number of rotatable bonds is 6. The van der Waals surface area contributed by atoms with E-state index in [1.165, 1.54) is 13.2 Å². The molecule has 2 aromatic carbocycles. The number of carbonyl (C=O) groups is 1. The van der Waals surface area contributed by atoms with Crippen molar-refractivity contribution in [2.75, 3.05) is 12.4 Å². The van der Waals surface area contributed by atoms with Crippen LogP contribution >= 0.6 is 11.6 Å². The van der Waals surface area contributed by atoms with Gasteiger partial charge in [-0.05, 0) is 36.2 Å². The van der Waals surface area contributed by atoms with Crippen molar-refractivity contribution >= 4 is 34.2 Å². The van der Waals surface area contributed by atoms with Crippen molar-refractivity contribution in [3.63, 3.8) is 0 Å². The van der Waals surface area contributed by atoms with E-state index in [0.29, 0.717) is 46.0 Å². The first kappa shape index (κ1) is 19.9. The summed E-state index contributed by atoms with van der Waals surface area (Å²) in [5, 5.41) is 3.66. The number of carbonyl (C=O) groups excluding carboxylic acids is 1. The second-order valence-corrected chi connectivity index (χ2v) is 6.75. The van der Waals surface area contributed by atoms with Gasteiger partial charge in [0.1, 0.15) is 16.9 Å². The maximum atomic E-state index is 12.6. The zero-order chi connectivity index (χ0) is 20.3. The van der Waals surface area contributed by atoms with Crippen LogP contribution in [0.4, 0.5) is 5.69 Å².